The van der Waals surface area contributed by atoms with Gasteiger partial charge in [0.2, 0.25) is 0 Å². The van der Waals surface area contributed by atoms with Crippen molar-refractivity contribution in [1.82, 2.24) is 4.90 Å². The molecule has 0 saturated carbocycles. The Morgan fingerprint density at radius 3 is 2.44 bits per heavy atom. The van der Waals surface area contributed by atoms with Crippen molar-refractivity contribution >= 4 is 13.8 Å². The number of phosphoric acid groups is 1. The third kappa shape index (κ3) is 10.6. The van der Waals surface area contributed by atoms with Crippen LogP contribution in [0.5, 0.6) is 0 Å². The van der Waals surface area contributed by atoms with Crippen LogP contribution in [0.15, 0.2) is 0 Å². The number of esters is 1. The van der Waals surface area contributed by atoms with E-state index in [0.717, 1.165) is 0 Å². The first-order chi connectivity index (χ1) is 8.23. The number of nitrogens with zero attached hydrogens (tertiary/aromatic N) is 1. The number of hydrogen-bond donors (Lipinski definition) is 2. The van der Waals surface area contributed by atoms with E-state index in [-0.39, 0.29) is 13.2 Å². The molecule has 18 heavy (non-hydrogen) atoms. The predicted molar refractivity (Wildman–Crippen MR) is 62.9 cm³/mol. The second-order valence-electron chi connectivity index (χ2n) is 3.86. The molecule has 0 fully saturated rings. The minimum Gasteiger partial charge on any atom is -0.463 e. The van der Waals surface area contributed by atoms with E-state index >= 15 is 0 Å². The van der Waals surface area contributed by atoms with E-state index in [4.69, 9.17) is 0 Å². The van der Waals surface area contributed by atoms with Crippen molar-refractivity contribution in [2.75, 3.05) is 40.5 Å². The van der Waals surface area contributed by atoms with Crippen LogP contribution < -0.4 is 0 Å². The summed E-state index contributed by atoms with van der Waals surface area (Å²) >= 11 is 0. The minimum absolute atomic E-state index is 0.0286. The number of rotatable bonds is 9. The number of hydrogen-bond acceptors (Lipinski definition) is 7. The SMILES string of the molecule is CC(=O)OCC(O)COP(=O)(O)OCCN(C)C. The Labute approximate surface area is 106 Å². The number of aliphatic hydroxyl groups excluding tert-OH is 1. The zero-order chi connectivity index (χ0) is 14.2. The Kier molecular flexibility index (Phi) is 8.34. The van der Waals surface area contributed by atoms with E-state index in [1.807, 2.05) is 0 Å². The molecule has 0 bridgehead atoms. The molecule has 2 N–H and O–H groups in total. The van der Waals surface area contributed by atoms with E-state index in [9.17, 15) is 19.4 Å². The molecule has 0 aromatic rings. The highest BCUT2D eigenvalue weighted by Gasteiger charge is 2.22. The highest BCUT2D eigenvalue weighted by Crippen LogP contribution is 2.42. The van der Waals surface area contributed by atoms with Crippen molar-refractivity contribution in [2.45, 2.75) is 13.0 Å². The van der Waals surface area contributed by atoms with Crippen LogP contribution in [0, 0.1) is 0 Å². The van der Waals surface area contributed by atoms with Crippen LogP contribution in [0.1, 0.15) is 6.92 Å². The second-order valence-corrected chi connectivity index (χ2v) is 5.31. The Hall–Kier alpha value is -0.500. The van der Waals surface area contributed by atoms with E-state index in [2.05, 4.69) is 13.8 Å². The molecule has 8 nitrogen and oxygen atoms in total. The molecule has 0 radical (unpaired) electrons. The molecule has 2 atom stereocenters. The second kappa shape index (κ2) is 8.58. The van der Waals surface area contributed by atoms with Gasteiger partial charge in [0, 0.05) is 13.5 Å². The van der Waals surface area contributed by atoms with Crippen LogP contribution in [0.25, 0.3) is 0 Å². The molecule has 0 spiro atoms. The lowest BCUT2D eigenvalue weighted by molar-refractivity contribution is -0.144. The van der Waals surface area contributed by atoms with Crippen molar-refractivity contribution in [1.29, 1.82) is 0 Å². The van der Waals surface area contributed by atoms with Crippen molar-refractivity contribution < 1.29 is 33.1 Å². The third-order valence-electron chi connectivity index (χ3n) is 1.70. The molecule has 9 heteroatoms. The normalized spacial score (nSPS) is 16.3. The Morgan fingerprint density at radius 1 is 1.33 bits per heavy atom. The molecular formula is C9H20NO7P. The summed E-state index contributed by atoms with van der Waals surface area (Å²) < 4.78 is 25.0. The number of likely N-dealkylation sites (N-methyl/N-ethyl adjacent to an activating group) is 1. The van der Waals surface area contributed by atoms with Crippen LogP contribution in [-0.4, -0.2) is 67.4 Å². The molecule has 0 amide bonds. The molecule has 0 rings (SSSR count). The summed E-state index contributed by atoms with van der Waals surface area (Å²) in [5.41, 5.74) is 0. The summed E-state index contributed by atoms with van der Waals surface area (Å²) in [6, 6.07) is 0. The summed E-state index contributed by atoms with van der Waals surface area (Å²) in [4.78, 5) is 21.4. The summed E-state index contributed by atoms with van der Waals surface area (Å²) in [6.45, 7) is 0.926. The predicted octanol–water partition coefficient (Wildman–Crippen LogP) is -0.394. The first-order valence-corrected chi connectivity index (χ1v) is 6.80. The fourth-order valence-corrected chi connectivity index (χ4v) is 1.57. The Balaban J connectivity index is 3.81. The van der Waals surface area contributed by atoms with Crippen molar-refractivity contribution in [3.8, 4) is 0 Å². The highest BCUT2D eigenvalue weighted by atomic mass is 31.2. The molecule has 0 heterocycles. The number of carbonyl (C=O) groups is 1. The van der Waals surface area contributed by atoms with Gasteiger partial charge >= 0.3 is 13.8 Å². The molecule has 0 saturated heterocycles. The summed E-state index contributed by atoms with van der Waals surface area (Å²) in [5, 5.41) is 9.28. The maximum Gasteiger partial charge on any atom is 0.472 e. The van der Waals surface area contributed by atoms with Gasteiger partial charge in [-0.3, -0.25) is 13.8 Å². The first-order valence-electron chi connectivity index (χ1n) is 5.31. The number of phosphoric ester groups is 1. The lowest BCUT2D eigenvalue weighted by atomic mass is 10.4. The molecule has 0 aliphatic heterocycles. The van der Waals surface area contributed by atoms with Gasteiger partial charge in [0.25, 0.3) is 0 Å². The number of ether oxygens (including phenoxy) is 1. The summed E-state index contributed by atoms with van der Waals surface area (Å²) in [6.07, 6.45) is -1.17. The third-order valence-corrected chi connectivity index (χ3v) is 2.69. The van der Waals surface area contributed by atoms with Gasteiger partial charge in [-0.2, -0.15) is 0 Å². The maximum absolute atomic E-state index is 11.3. The summed E-state index contributed by atoms with van der Waals surface area (Å²) in [5.74, 6) is -0.552. The molecule has 0 aliphatic rings. The maximum atomic E-state index is 11.3. The molecule has 2 unspecified atom stereocenters. The van der Waals surface area contributed by atoms with Crippen LogP contribution >= 0.6 is 7.82 Å². The van der Waals surface area contributed by atoms with Gasteiger partial charge in [-0.25, -0.2) is 4.57 Å². The minimum atomic E-state index is -4.18. The van der Waals surface area contributed by atoms with E-state index < -0.39 is 26.5 Å². The quantitative estimate of drug-likeness (QED) is 0.435. The average Bonchev–Trinajstić information content (AvgIpc) is 2.22. The zero-order valence-electron chi connectivity index (χ0n) is 10.7. The van der Waals surface area contributed by atoms with Crippen LogP contribution in [0.4, 0.5) is 0 Å². The lowest BCUT2D eigenvalue weighted by Gasteiger charge is -2.16. The fraction of sp³-hybridized carbons (Fsp3) is 0.889. The zero-order valence-corrected chi connectivity index (χ0v) is 11.6. The molecule has 0 aromatic carbocycles. The number of carbonyl (C=O) groups excluding carboxylic acids is 1. The topological polar surface area (TPSA) is 106 Å². The van der Waals surface area contributed by atoms with Gasteiger partial charge in [-0.05, 0) is 14.1 Å². The van der Waals surface area contributed by atoms with Gasteiger partial charge < -0.3 is 19.6 Å². The standard InChI is InChI=1S/C9H20NO7P/c1-8(11)15-6-9(12)7-17-18(13,14)16-5-4-10(2)3/h9,12H,4-7H2,1-3H3,(H,13,14). The molecular weight excluding hydrogens is 265 g/mol. The van der Waals surface area contributed by atoms with Gasteiger partial charge in [0.1, 0.15) is 12.7 Å². The Morgan fingerprint density at radius 2 is 1.94 bits per heavy atom. The van der Waals surface area contributed by atoms with Crippen molar-refractivity contribution in [3.05, 3.63) is 0 Å². The van der Waals surface area contributed by atoms with Crippen LogP contribution in [0.3, 0.4) is 0 Å². The number of aliphatic hydroxyl groups is 1. The van der Waals surface area contributed by atoms with Gasteiger partial charge in [-0.1, -0.05) is 0 Å². The van der Waals surface area contributed by atoms with Gasteiger partial charge in [0.15, 0.2) is 0 Å². The molecule has 108 valence electrons. The van der Waals surface area contributed by atoms with Gasteiger partial charge in [-0.15, -0.1) is 0 Å². The highest BCUT2D eigenvalue weighted by molar-refractivity contribution is 7.47. The Bertz CT molecular complexity index is 297. The smallest absolute Gasteiger partial charge is 0.463 e. The van der Waals surface area contributed by atoms with Crippen molar-refractivity contribution in [2.24, 2.45) is 0 Å². The van der Waals surface area contributed by atoms with Crippen molar-refractivity contribution in [3.63, 3.8) is 0 Å². The van der Waals surface area contributed by atoms with E-state index in [1.165, 1.54) is 6.92 Å². The van der Waals surface area contributed by atoms with Gasteiger partial charge in [0.05, 0.1) is 13.2 Å². The van der Waals surface area contributed by atoms with E-state index in [1.54, 1.807) is 19.0 Å². The average molecular weight is 285 g/mol. The first kappa shape index (κ1) is 17.5. The lowest BCUT2D eigenvalue weighted by Crippen LogP contribution is -2.23. The van der Waals surface area contributed by atoms with Crippen LogP contribution in [-0.2, 0) is 23.1 Å². The summed E-state index contributed by atoms with van der Waals surface area (Å²) in [7, 11) is -0.603. The fourth-order valence-electron chi connectivity index (χ4n) is 0.818. The monoisotopic (exact) mass is 285 g/mol. The largest absolute Gasteiger partial charge is 0.472 e. The molecule has 0 aromatic heterocycles. The van der Waals surface area contributed by atoms with E-state index in [0.29, 0.717) is 6.54 Å². The molecule has 0 aliphatic carbocycles. The van der Waals surface area contributed by atoms with Crippen LogP contribution in [0.2, 0.25) is 0 Å².